The molecule has 3 aromatic rings. The first-order chi connectivity index (χ1) is 13.2. The standard InChI is InChI=1S/C22H20N2O3/c1-26-20-12-10-18(11-13-20)23-15-17-6-5-9-21(14-17)27-16-22(25)24-19-7-3-2-4-8-19/h2-15H,16H2,1H3,(H,24,25). The van der Waals surface area contributed by atoms with Crippen LogP contribution in [0.1, 0.15) is 5.56 Å². The number of hydrogen-bond donors (Lipinski definition) is 1. The van der Waals surface area contributed by atoms with Crippen molar-refractivity contribution in [3.8, 4) is 11.5 Å². The Morgan fingerprint density at radius 2 is 1.74 bits per heavy atom. The number of aliphatic imine (C=N–C) groups is 1. The van der Waals surface area contributed by atoms with E-state index in [0.29, 0.717) is 5.75 Å². The number of amides is 1. The topological polar surface area (TPSA) is 59.9 Å². The van der Waals surface area contributed by atoms with E-state index in [-0.39, 0.29) is 12.5 Å². The normalized spacial score (nSPS) is 10.6. The molecule has 0 fully saturated rings. The van der Waals surface area contributed by atoms with Crippen LogP contribution in [0.4, 0.5) is 11.4 Å². The lowest BCUT2D eigenvalue weighted by Crippen LogP contribution is -2.20. The van der Waals surface area contributed by atoms with Crippen molar-refractivity contribution in [2.45, 2.75) is 0 Å². The molecule has 27 heavy (non-hydrogen) atoms. The number of hydrogen-bond acceptors (Lipinski definition) is 4. The Bertz CT molecular complexity index is 906. The minimum absolute atomic E-state index is 0.0615. The zero-order valence-electron chi connectivity index (χ0n) is 15.0. The quantitative estimate of drug-likeness (QED) is 0.633. The molecule has 136 valence electrons. The van der Waals surface area contributed by atoms with Crippen molar-refractivity contribution in [2.75, 3.05) is 19.0 Å². The first kappa shape index (κ1) is 18.2. The van der Waals surface area contributed by atoms with E-state index in [9.17, 15) is 4.79 Å². The number of para-hydroxylation sites is 1. The van der Waals surface area contributed by atoms with Gasteiger partial charge in [0.25, 0.3) is 5.91 Å². The molecule has 0 atom stereocenters. The lowest BCUT2D eigenvalue weighted by Gasteiger charge is -2.08. The van der Waals surface area contributed by atoms with Gasteiger partial charge in [0.05, 0.1) is 12.8 Å². The fraction of sp³-hybridized carbons (Fsp3) is 0.0909. The van der Waals surface area contributed by atoms with E-state index in [1.807, 2.05) is 72.8 Å². The van der Waals surface area contributed by atoms with Crippen LogP contribution in [0, 0.1) is 0 Å². The molecule has 1 amide bonds. The minimum atomic E-state index is -0.210. The third kappa shape index (κ3) is 5.71. The second-order valence-corrected chi connectivity index (χ2v) is 5.73. The Morgan fingerprint density at radius 3 is 2.48 bits per heavy atom. The Hall–Kier alpha value is -3.60. The highest BCUT2D eigenvalue weighted by Crippen LogP contribution is 2.18. The van der Waals surface area contributed by atoms with Gasteiger partial charge in [-0.3, -0.25) is 9.79 Å². The number of nitrogens with one attached hydrogen (secondary N) is 1. The molecule has 0 saturated carbocycles. The zero-order chi connectivity index (χ0) is 18.9. The molecule has 0 aliphatic heterocycles. The van der Waals surface area contributed by atoms with Gasteiger partial charge in [-0.05, 0) is 54.1 Å². The lowest BCUT2D eigenvalue weighted by molar-refractivity contribution is -0.118. The predicted octanol–water partition coefficient (Wildman–Crippen LogP) is 4.46. The van der Waals surface area contributed by atoms with Crippen LogP contribution in [0.25, 0.3) is 0 Å². The molecule has 0 bridgehead atoms. The molecular weight excluding hydrogens is 340 g/mol. The van der Waals surface area contributed by atoms with Gasteiger partial charge in [0.2, 0.25) is 0 Å². The molecule has 0 aliphatic rings. The summed E-state index contributed by atoms with van der Waals surface area (Å²) < 4.78 is 10.7. The van der Waals surface area contributed by atoms with Crippen LogP contribution in [-0.4, -0.2) is 25.8 Å². The molecule has 0 heterocycles. The highest BCUT2D eigenvalue weighted by molar-refractivity contribution is 5.91. The number of rotatable bonds is 7. The second kappa shape index (κ2) is 9.20. The molecule has 0 spiro atoms. The second-order valence-electron chi connectivity index (χ2n) is 5.73. The molecule has 1 N–H and O–H groups in total. The van der Waals surface area contributed by atoms with E-state index in [4.69, 9.17) is 9.47 Å². The van der Waals surface area contributed by atoms with E-state index in [2.05, 4.69) is 10.3 Å². The number of carbonyl (C=O) groups is 1. The van der Waals surface area contributed by atoms with Crippen LogP contribution >= 0.6 is 0 Å². The Morgan fingerprint density at radius 1 is 0.963 bits per heavy atom. The summed E-state index contributed by atoms with van der Waals surface area (Å²) >= 11 is 0. The summed E-state index contributed by atoms with van der Waals surface area (Å²) in [6.45, 7) is -0.0615. The van der Waals surface area contributed by atoms with Crippen molar-refractivity contribution >= 4 is 23.5 Å². The van der Waals surface area contributed by atoms with Gasteiger partial charge >= 0.3 is 0 Å². The van der Waals surface area contributed by atoms with Gasteiger partial charge in [0.15, 0.2) is 6.61 Å². The minimum Gasteiger partial charge on any atom is -0.497 e. The van der Waals surface area contributed by atoms with Crippen LogP contribution in [-0.2, 0) is 4.79 Å². The number of anilines is 1. The first-order valence-corrected chi connectivity index (χ1v) is 8.49. The monoisotopic (exact) mass is 360 g/mol. The smallest absolute Gasteiger partial charge is 0.262 e. The highest BCUT2D eigenvalue weighted by Gasteiger charge is 2.03. The molecule has 0 unspecified atom stereocenters. The fourth-order valence-corrected chi connectivity index (χ4v) is 2.37. The number of carbonyl (C=O) groups excluding carboxylic acids is 1. The van der Waals surface area contributed by atoms with Crippen molar-refractivity contribution in [3.05, 3.63) is 84.4 Å². The molecule has 0 saturated heterocycles. The van der Waals surface area contributed by atoms with Crippen molar-refractivity contribution in [1.82, 2.24) is 0 Å². The third-order valence-corrected chi connectivity index (χ3v) is 3.72. The van der Waals surface area contributed by atoms with Gasteiger partial charge in [-0.25, -0.2) is 0 Å². The van der Waals surface area contributed by atoms with E-state index >= 15 is 0 Å². The van der Waals surface area contributed by atoms with Gasteiger partial charge in [0, 0.05) is 11.9 Å². The van der Waals surface area contributed by atoms with Crippen molar-refractivity contribution in [2.24, 2.45) is 4.99 Å². The fourth-order valence-electron chi connectivity index (χ4n) is 2.37. The van der Waals surface area contributed by atoms with Gasteiger partial charge in [-0.1, -0.05) is 30.3 Å². The predicted molar refractivity (Wildman–Crippen MR) is 107 cm³/mol. The molecule has 3 rings (SSSR count). The SMILES string of the molecule is COc1ccc(N=Cc2cccc(OCC(=O)Nc3ccccc3)c2)cc1. The average Bonchev–Trinajstić information content (AvgIpc) is 2.72. The summed E-state index contributed by atoms with van der Waals surface area (Å²) in [5.74, 6) is 1.19. The molecule has 0 aromatic heterocycles. The maximum Gasteiger partial charge on any atom is 0.262 e. The van der Waals surface area contributed by atoms with Crippen molar-refractivity contribution in [3.63, 3.8) is 0 Å². The van der Waals surface area contributed by atoms with E-state index in [1.165, 1.54) is 0 Å². The molecule has 5 heteroatoms. The summed E-state index contributed by atoms with van der Waals surface area (Å²) in [6, 6.07) is 24.2. The molecule has 0 aliphatic carbocycles. The van der Waals surface area contributed by atoms with Gasteiger partial charge in [-0.15, -0.1) is 0 Å². The number of methoxy groups -OCH3 is 1. The average molecular weight is 360 g/mol. The van der Waals surface area contributed by atoms with Crippen LogP contribution in [0.5, 0.6) is 11.5 Å². The van der Waals surface area contributed by atoms with Crippen LogP contribution in [0.3, 0.4) is 0 Å². The van der Waals surface area contributed by atoms with Crippen LogP contribution < -0.4 is 14.8 Å². The maximum atomic E-state index is 12.0. The third-order valence-electron chi connectivity index (χ3n) is 3.72. The van der Waals surface area contributed by atoms with Crippen LogP contribution in [0.15, 0.2) is 83.9 Å². The first-order valence-electron chi connectivity index (χ1n) is 8.49. The number of benzene rings is 3. The lowest BCUT2D eigenvalue weighted by atomic mass is 10.2. The van der Waals surface area contributed by atoms with E-state index in [0.717, 1.165) is 22.7 Å². The maximum absolute atomic E-state index is 12.0. The summed E-state index contributed by atoms with van der Waals surface area (Å²) in [5.41, 5.74) is 2.45. The summed E-state index contributed by atoms with van der Waals surface area (Å²) in [6.07, 6.45) is 1.75. The Labute approximate surface area is 158 Å². The van der Waals surface area contributed by atoms with Crippen LogP contribution in [0.2, 0.25) is 0 Å². The molecular formula is C22H20N2O3. The summed E-state index contributed by atoms with van der Waals surface area (Å²) in [7, 11) is 1.63. The van der Waals surface area contributed by atoms with Gasteiger partial charge < -0.3 is 14.8 Å². The zero-order valence-corrected chi connectivity index (χ0v) is 15.0. The van der Waals surface area contributed by atoms with E-state index in [1.54, 1.807) is 19.4 Å². The molecule has 3 aromatic carbocycles. The van der Waals surface area contributed by atoms with Gasteiger partial charge in [-0.2, -0.15) is 0 Å². The van der Waals surface area contributed by atoms with Gasteiger partial charge in [0.1, 0.15) is 11.5 Å². The highest BCUT2D eigenvalue weighted by atomic mass is 16.5. The van der Waals surface area contributed by atoms with Crippen molar-refractivity contribution < 1.29 is 14.3 Å². The number of ether oxygens (including phenoxy) is 2. The molecule has 5 nitrogen and oxygen atoms in total. The van der Waals surface area contributed by atoms with E-state index < -0.39 is 0 Å². The van der Waals surface area contributed by atoms with Crippen molar-refractivity contribution in [1.29, 1.82) is 0 Å². The summed E-state index contributed by atoms with van der Waals surface area (Å²) in [5, 5.41) is 2.78. The largest absolute Gasteiger partial charge is 0.497 e. The molecule has 0 radical (unpaired) electrons. The Balaban J connectivity index is 1.56. The summed E-state index contributed by atoms with van der Waals surface area (Å²) in [4.78, 5) is 16.4. The number of nitrogens with zero attached hydrogens (tertiary/aromatic N) is 1. The Kier molecular flexibility index (Phi) is 6.20.